The van der Waals surface area contributed by atoms with Gasteiger partial charge in [0.15, 0.2) is 0 Å². The Morgan fingerprint density at radius 3 is 2.20 bits per heavy atom. The van der Waals surface area contributed by atoms with Crippen LogP contribution in [0.15, 0.2) is 36.7 Å². The smallest absolute Gasteiger partial charge is 0.274 e. The molecule has 5 nitrogen and oxygen atoms in total. The number of nitrogens with zero attached hydrogens (tertiary/aromatic N) is 4. The lowest BCUT2D eigenvalue weighted by Crippen LogP contribution is -2.52. The first kappa shape index (κ1) is 18.2. The van der Waals surface area contributed by atoms with E-state index in [-0.39, 0.29) is 5.82 Å². The summed E-state index contributed by atoms with van der Waals surface area (Å²) in [4.78, 5) is 24.0. The van der Waals surface area contributed by atoms with Crippen LogP contribution in [-0.4, -0.2) is 50.7 Å². The van der Waals surface area contributed by atoms with Gasteiger partial charge in [0, 0.05) is 49.7 Å². The van der Waals surface area contributed by atoms with Gasteiger partial charge >= 0.3 is 0 Å². The summed E-state index contributed by atoms with van der Waals surface area (Å²) in [6.07, 6.45) is 3.17. The lowest BCUT2D eigenvalue weighted by molar-refractivity contribution is -0.130. The van der Waals surface area contributed by atoms with Crippen LogP contribution in [0.5, 0.6) is 0 Å². The predicted molar refractivity (Wildman–Crippen MR) is 96.5 cm³/mol. The Morgan fingerprint density at radius 1 is 1.04 bits per heavy atom. The Labute approximate surface area is 159 Å². The molecular weight excluding hydrogens is 390 g/mol. The molecule has 132 valence electrons. The number of amides is 1. The lowest BCUT2D eigenvalue weighted by Gasteiger charge is -2.35. The van der Waals surface area contributed by atoms with E-state index in [0.29, 0.717) is 43.3 Å². The summed E-state index contributed by atoms with van der Waals surface area (Å²) < 4.78 is 11.9. The molecule has 0 aliphatic carbocycles. The molecule has 1 aliphatic rings. The van der Waals surface area contributed by atoms with E-state index in [1.54, 1.807) is 30.6 Å². The minimum atomic E-state index is -1.94. The van der Waals surface area contributed by atoms with Crippen molar-refractivity contribution >= 4 is 46.7 Å². The van der Waals surface area contributed by atoms with Crippen molar-refractivity contribution in [2.24, 2.45) is 0 Å². The molecule has 0 N–H and O–H groups in total. The third kappa shape index (κ3) is 4.14. The molecule has 0 unspecified atom stereocenters. The number of carbonyl (C=O) groups is 1. The van der Waals surface area contributed by atoms with Gasteiger partial charge in [-0.1, -0.05) is 53.0 Å². The third-order valence-corrected chi connectivity index (χ3v) is 4.40. The monoisotopic (exact) mass is 402 g/mol. The fourth-order valence-electron chi connectivity index (χ4n) is 2.61. The maximum absolute atomic E-state index is 13.8. The molecule has 0 radical (unpaired) electrons. The first-order valence-corrected chi connectivity index (χ1v) is 8.67. The second-order valence-corrected chi connectivity index (χ2v) is 7.81. The van der Waals surface area contributed by atoms with Crippen molar-refractivity contribution < 1.29 is 9.18 Å². The van der Waals surface area contributed by atoms with Gasteiger partial charge in [0.2, 0.25) is 5.95 Å². The molecule has 1 amide bonds. The standard InChI is InChI=1S/C16H14Cl3FN4O/c17-16(18,19)14(25)23-5-7-24(8-6-23)15-21-9-11(10-22-15)12-3-1-2-4-13(12)20/h1-4,9-10H,5-8H2. The maximum atomic E-state index is 13.8. The van der Waals surface area contributed by atoms with Crippen LogP contribution in [0, 0.1) is 5.82 Å². The van der Waals surface area contributed by atoms with Crippen molar-refractivity contribution in [1.82, 2.24) is 14.9 Å². The van der Waals surface area contributed by atoms with Crippen molar-refractivity contribution in [1.29, 1.82) is 0 Å². The van der Waals surface area contributed by atoms with Crippen molar-refractivity contribution in [2.75, 3.05) is 31.1 Å². The van der Waals surface area contributed by atoms with Gasteiger partial charge in [0.1, 0.15) is 5.82 Å². The molecule has 1 aromatic carbocycles. The van der Waals surface area contributed by atoms with Gasteiger partial charge in [-0.3, -0.25) is 4.79 Å². The zero-order chi connectivity index (χ0) is 18.0. The molecule has 1 saturated heterocycles. The van der Waals surface area contributed by atoms with Crippen molar-refractivity contribution in [2.45, 2.75) is 3.79 Å². The highest BCUT2D eigenvalue weighted by Crippen LogP contribution is 2.29. The van der Waals surface area contributed by atoms with E-state index in [2.05, 4.69) is 9.97 Å². The lowest BCUT2D eigenvalue weighted by atomic mass is 10.1. The Kier molecular flexibility index (Phi) is 5.32. The number of alkyl halides is 3. The Morgan fingerprint density at radius 2 is 1.64 bits per heavy atom. The minimum absolute atomic E-state index is 0.322. The SMILES string of the molecule is O=C(N1CCN(c2ncc(-c3ccccc3F)cn2)CC1)C(Cl)(Cl)Cl. The summed E-state index contributed by atoms with van der Waals surface area (Å²) in [6, 6.07) is 6.46. The maximum Gasteiger partial charge on any atom is 0.274 e. The van der Waals surface area contributed by atoms with Gasteiger partial charge in [0.25, 0.3) is 9.70 Å². The first-order chi connectivity index (χ1) is 11.9. The molecule has 2 aromatic rings. The number of piperazine rings is 1. The van der Waals surface area contributed by atoms with Crippen LogP contribution in [0.4, 0.5) is 10.3 Å². The molecule has 1 fully saturated rings. The van der Waals surface area contributed by atoms with Crippen LogP contribution in [0.25, 0.3) is 11.1 Å². The molecule has 3 rings (SSSR count). The van der Waals surface area contributed by atoms with E-state index in [4.69, 9.17) is 34.8 Å². The van der Waals surface area contributed by atoms with Gasteiger partial charge in [-0.25, -0.2) is 14.4 Å². The normalized spacial score (nSPS) is 15.4. The molecule has 0 spiro atoms. The average molecular weight is 404 g/mol. The van der Waals surface area contributed by atoms with Crippen molar-refractivity contribution in [3.05, 3.63) is 42.5 Å². The summed E-state index contributed by atoms with van der Waals surface area (Å²) in [5, 5.41) is 0. The summed E-state index contributed by atoms with van der Waals surface area (Å²) in [5.41, 5.74) is 1.05. The number of carbonyl (C=O) groups excluding carboxylic acids is 1. The fraction of sp³-hybridized carbons (Fsp3) is 0.312. The van der Waals surface area contributed by atoms with Gasteiger partial charge in [-0.05, 0) is 6.07 Å². The largest absolute Gasteiger partial charge is 0.337 e. The van der Waals surface area contributed by atoms with Gasteiger partial charge in [-0.15, -0.1) is 0 Å². The molecule has 0 bridgehead atoms. The Bertz CT molecular complexity index is 759. The van der Waals surface area contributed by atoms with Crippen LogP contribution in [0.1, 0.15) is 0 Å². The second-order valence-electron chi connectivity index (χ2n) is 5.53. The average Bonchev–Trinajstić information content (AvgIpc) is 2.61. The van der Waals surface area contributed by atoms with Crippen LogP contribution >= 0.6 is 34.8 Å². The van der Waals surface area contributed by atoms with Crippen LogP contribution in [0.2, 0.25) is 0 Å². The van der Waals surface area contributed by atoms with Crippen molar-refractivity contribution in [3.63, 3.8) is 0 Å². The number of anilines is 1. The predicted octanol–water partition coefficient (Wildman–Crippen LogP) is 3.30. The number of halogens is 4. The second kappa shape index (κ2) is 7.32. The molecule has 1 aliphatic heterocycles. The summed E-state index contributed by atoms with van der Waals surface area (Å²) in [7, 11) is 0. The highest BCUT2D eigenvalue weighted by Gasteiger charge is 2.36. The Balaban J connectivity index is 1.67. The summed E-state index contributed by atoms with van der Waals surface area (Å²) >= 11 is 16.9. The van der Waals surface area contributed by atoms with E-state index < -0.39 is 9.70 Å². The highest BCUT2D eigenvalue weighted by molar-refractivity contribution is 6.76. The van der Waals surface area contributed by atoms with E-state index >= 15 is 0 Å². The number of aromatic nitrogens is 2. The number of hydrogen-bond acceptors (Lipinski definition) is 4. The molecule has 0 atom stereocenters. The summed E-state index contributed by atoms with van der Waals surface area (Å²) in [6.45, 7) is 1.85. The molecular formula is C16H14Cl3FN4O. The first-order valence-electron chi connectivity index (χ1n) is 7.54. The van der Waals surface area contributed by atoms with E-state index in [1.807, 2.05) is 4.90 Å². The zero-order valence-electron chi connectivity index (χ0n) is 13.0. The Hall–Kier alpha value is -1.63. The number of rotatable bonds is 2. The van der Waals surface area contributed by atoms with E-state index in [1.165, 1.54) is 11.0 Å². The van der Waals surface area contributed by atoms with Crippen LogP contribution in [-0.2, 0) is 4.79 Å². The van der Waals surface area contributed by atoms with Gasteiger partial charge in [0.05, 0.1) is 0 Å². The van der Waals surface area contributed by atoms with E-state index in [0.717, 1.165) is 0 Å². The molecule has 2 heterocycles. The van der Waals surface area contributed by atoms with Gasteiger partial charge in [-0.2, -0.15) is 0 Å². The topological polar surface area (TPSA) is 49.3 Å². The zero-order valence-corrected chi connectivity index (χ0v) is 15.3. The molecule has 9 heteroatoms. The molecule has 1 aromatic heterocycles. The summed E-state index contributed by atoms with van der Waals surface area (Å²) in [5.74, 6) is -0.341. The molecule has 25 heavy (non-hydrogen) atoms. The van der Waals surface area contributed by atoms with Crippen molar-refractivity contribution in [3.8, 4) is 11.1 Å². The van der Waals surface area contributed by atoms with Crippen LogP contribution < -0.4 is 4.90 Å². The highest BCUT2D eigenvalue weighted by atomic mass is 35.6. The van der Waals surface area contributed by atoms with Gasteiger partial charge < -0.3 is 9.80 Å². The van der Waals surface area contributed by atoms with E-state index in [9.17, 15) is 9.18 Å². The quantitative estimate of drug-likeness (QED) is 0.722. The van der Waals surface area contributed by atoms with Crippen LogP contribution in [0.3, 0.4) is 0 Å². The fourth-order valence-corrected chi connectivity index (χ4v) is 2.97. The minimum Gasteiger partial charge on any atom is -0.337 e. The number of benzene rings is 1. The number of hydrogen-bond donors (Lipinski definition) is 0. The molecule has 0 saturated carbocycles. The third-order valence-electron chi connectivity index (χ3n) is 3.92.